The molecular weight excluding hydrogens is 251 g/mol. The van der Waals surface area contributed by atoms with Crippen molar-refractivity contribution in [3.63, 3.8) is 0 Å². The minimum Gasteiger partial charge on any atom is -0.380 e. The highest BCUT2D eigenvalue weighted by molar-refractivity contribution is 5.46. The molecule has 4 heteroatoms. The van der Waals surface area contributed by atoms with Crippen LogP contribution in [0.5, 0.6) is 0 Å². The van der Waals surface area contributed by atoms with Crippen molar-refractivity contribution in [2.75, 3.05) is 5.32 Å². The van der Waals surface area contributed by atoms with Crippen LogP contribution < -0.4 is 5.32 Å². The normalized spacial score (nSPS) is 23.7. The molecule has 1 nitrogen and oxygen atoms in total. The second-order valence-electron chi connectivity index (χ2n) is 5.73. The first-order valence-electron chi connectivity index (χ1n) is 6.89. The molecule has 0 spiro atoms. The maximum absolute atomic E-state index is 13.6. The van der Waals surface area contributed by atoms with Gasteiger partial charge >= 0.3 is 0 Å². The first kappa shape index (κ1) is 14.2. The van der Waals surface area contributed by atoms with Gasteiger partial charge in [0.25, 0.3) is 0 Å². The Labute approximate surface area is 112 Å². The highest BCUT2D eigenvalue weighted by Gasteiger charge is 2.25. The molecule has 1 fully saturated rings. The lowest BCUT2D eigenvalue weighted by Crippen LogP contribution is -2.29. The van der Waals surface area contributed by atoms with Gasteiger partial charge in [-0.05, 0) is 36.8 Å². The summed E-state index contributed by atoms with van der Waals surface area (Å²) in [6.07, 6.45) is 4.18. The van der Waals surface area contributed by atoms with Crippen molar-refractivity contribution >= 4 is 5.69 Å². The maximum Gasteiger partial charge on any atom is 0.196 e. The molecule has 0 aromatic heterocycles. The summed E-state index contributed by atoms with van der Waals surface area (Å²) < 4.78 is 39.6. The van der Waals surface area contributed by atoms with E-state index in [9.17, 15) is 13.2 Å². The summed E-state index contributed by atoms with van der Waals surface area (Å²) in [5.74, 6) is -2.46. The van der Waals surface area contributed by atoms with Crippen LogP contribution in [0.15, 0.2) is 12.1 Å². The predicted octanol–water partition coefficient (Wildman–Crippen LogP) is 4.73. The van der Waals surface area contributed by atoms with Gasteiger partial charge in [0.05, 0.1) is 5.69 Å². The SMILES string of the molecule is CC(C)C1CCCC(Nc2ccc(F)c(F)c2F)C1. The molecule has 0 bridgehead atoms. The van der Waals surface area contributed by atoms with Crippen LogP contribution in [-0.2, 0) is 0 Å². The third-order valence-electron chi connectivity index (χ3n) is 4.05. The Morgan fingerprint density at radius 2 is 1.84 bits per heavy atom. The van der Waals surface area contributed by atoms with Gasteiger partial charge in [0, 0.05) is 6.04 Å². The van der Waals surface area contributed by atoms with Gasteiger partial charge in [-0.2, -0.15) is 0 Å². The van der Waals surface area contributed by atoms with E-state index < -0.39 is 17.5 Å². The van der Waals surface area contributed by atoms with Gasteiger partial charge in [-0.1, -0.05) is 26.7 Å². The molecule has 1 aromatic rings. The van der Waals surface area contributed by atoms with E-state index in [2.05, 4.69) is 19.2 Å². The molecule has 0 amide bonds. The van der Waals surface area contributed by atoms with E-state index in [0.717, 1.165) is 25.3 Å². The Bertz CT molecular complexity index is 445. The number of anilines is 1. The zero-order valence-electron chi connectivity index (χ0n) is 11.3. The first-order valence-corrected chi connectivity index (χ1v) is 6.89. The fraction of sp³-hybridized carbons (Fsp3) is 0.600. The molecule has 1 aromatic carbocycles. The molecule has 106 valence electrons. The largest absolute Gasteiger partial charge is 0.380 e. The van der Waals surface area contributed by atoms with Gasteiger partial charge in [0.1, 0.15) is 0 Å². The predicted molar refractivity (Wildman–Crippen MR) is 70.5 cm³/mol. The Hall–Kier alpha value is -1.19. The van der Waals surface area contributed by atoms with Gasteiger partial charge in [0.15, 0.2) is 17.5 Å². The molecule has 0 aliphatic heterocycles. The van der Waals surface area contributed by atoms with Crippen LogP contribution in [0, 0.1) is 29.3 Å². The van der Waals surface area contributed by atoms with Crippen LogP contribution in [0.3, 0.4) is 0 Å². The third-order valence-corrected chi connectivity index (χ3v) is 4.05. The van der Waals surface area contributed by atoms with Crippen molar-refractivity contribution in [3.8, 4) is 0 Å². The average Bonchev–Trinajstić information content (AvgIpc) is 2.40. The fourth-order valence-electron chi connectivity index (χ4n) is 2.82. The van der Waals surface area contributed by atoms with E-state index in [0.29, 0.717) is 11.8 Å². The van der Waals surface area contributed by atoms with Gasteiger partial charge in [-0.25, -0.2) is 13.2 Å². The summed E-state index contributed by atoms with van der Waals surface area (Å²) in [5, 5.41) is 3.02. The fourth-order valence-corrected chi connectivity index (χ4v) is 2.82. The first-order chi connectivity index (χ1) is 8.99. The number of halogens is 3. The zero-order valence-corrected chi connectivity index (χ0v) is 11.3. The lowest BCUT2D eigenvalue weighted by molar-refractivity contribution is 0.263. The molecule has 19 heavy (non-hydrogen) atoms. The van der Waals surface area contributed by atoms with Crippen LogP contribution in [0.25, 0.3) is 0 Å². The number of rotatable bonds is 3. The molecule has 1 aliphatic carbocycles. The summed E-state index contributed by atoms with van der Waals surface area (Å²) >= 11 is 0. The Morgan fingerprint density at radius 3 is 2.53 bits per heavy atom. The lowest BCUT2D eigenvalue weighted by Gasteiger charge is -2.32. The monoisotopic (exact) mass is 271 g/mol. The standard InChI is InChI=1S/C15H20F3N/c1-9(2)10-4-3-5-11(8-10)19-13-7-6-12(16)14(17)15(13)18/h6-7,9-11,19H,3-5,8H2,1-2H3. The van der Waals surface area contributed by atoms with Crippen LogP contribution in [-0.4, -0.2) is 6.04 Å². The molecule has 0 radical (unpaired) electrons. The molecular formula is C15H20F3N. The maximum atomic E-state index is 13.6. The van der Waals surface area contributed by atoms with Crippen molar-refractivity contribution in [2.24, 2.45) is 11.8 Å². The van der Waals surface area contributed by atoms with Crippen LogP contribution in [0.2, 0.25) is 0 Å². The second-order valence-corrected chi connectivity index (χ2v) is 5.73. The van der Waals surface area contributed by atoms with E-state index in [1.165, 1.54) is 12.5 Å². The van der Waals surface area contributed by atoms with Gasteiger partial charge < -0.3 is 5.32 Å². The molecule has 1 aliphatic rings. The van der Waals surface area contributed by atoms with Crippen molar-refractivity contribution < 1.29 is 13.2 Å². The van der Waals surface area contributed by atoms with Crippen LogP contribution >= 0.6 is 0 Å². The molecule has 1 saturated carbocycles. The summed E-state index contributed by atoms with van der Waals surface area (Å²) in [6, 6.07) is 2.37. The highest BCUT2D eigenvalue weighted by Crippen LogP contribution is 2.32. The third kappa shape index (κ3) is 3.23. The van der Waals surface area contributed by atoms with Crippen molar-refractivity contribution in [1.82, 2.24) is 0 Å². The minimum absolute atomic E-state index is 0.0632. The quantitative estimate of drug-likeness (QED) is 0.784. The molecule has 2 rings (SSSR count). The Morgan fingerprint density at radius 1 is 1.11 bits per heavy atom. The molecule has 2 atom stereocenters. The van der Waals surface area contributed by atoms with E-state index in [1.54, 1.807) is 0 Å². The van der Waals surface area contributed by atoms with E-state index in [-0.39, 0.29) is 11.7 Å². The number of benzene rings is 1. The number of hydrogen-bond acceptors (Lipinski definition) is 1. The highest BCUT2D eigenvalue weighted by atomic mass is 19.2. The van der Waals surface area contributed by atoms with E-state index in [4.69, 9.17) is 0 Å². The molecule has 0 heterocycles. The smallest absolute Gasteiger partial charge is 0.196 e. The molecule has 2 unspecified atom stereocenters. The van der Waals surface area contributed by atoms with Gasteiger partial charge in [-0.3, -0.25) is 0 Å². The van der Waals surface area contributed by atoms with Crippen LogP contribution in [0.4, 0.5) is 18.9 Å². The van der Waals surface area contributed by atoms with Gasteiger partial charge in [-0.15, -0.1) is 0 Å². The summed E-state index contributed by atoms with van der Waals surface area (Å²) in [7, 11) is 0. The molecule has 0 saturated heterocycles. The number of hydrogen-bond donors (Lipinski definition) is 1. The average molecular weight is 271 g/mol. The van der Waals surface area contributed by atoms with Crippen molar-refractivity contribution in [1.29, 1.82) is 0 Å². The summed E-state index contributed by atoms with van der Waals surface area (Å²) in [4.78, 5) is 0. The van der Waals surface area contributed by atoms with Gasteiger partial charge in [0.2, 0.25) is 0 Å². The van der Waals surface area contributed by atoms with Crippen molar-refractivity contribution in [3.05, 3.63) is 29.6 Å². The topological polar surface area (TPSA) is 12.0 Å². The second kappa shape index (κ2) is 5.85. The Kier molecular flexibility index (Phi) is 4.38. The van der Waals surface area contributed by atoms with Crippen LogP contribution in [0.1, 0.15) is 39.5 Å². The van der Waals surface area contributed by atoms with E-state index in [1.807, 2.05) is 0 Å². The Balaban J connectivity index is 2.07. The van der Waals surface area contributed by atoms with Crippen molar-refractivity contribution in [2.45, 2.75) is 45.6 Å². The summed E-state index contributed by atoms with van der Waals surface area (Å²) in [6.45, 7) is 4.37. The van der Waals surface area contributed by atoms with E-state index >= 15 is 0 Å². The summed E-state index contributed by atoms with van der Waals surface area (Å²) in [5.41, 5.74) is 0.0632. The minimum atomic E-state index is -1.40. The number of nitrogens with one attached hydrogen (secondary N) is 1. The zero-order chi connectivity index (χ0) is 14.0. The lowest BCUT2D eigenvalue weighted by atomic mass is 9.79. The molecule has 1 N–H and O–H groups in total.